The number of hydrogen-bond donors (Lipinski definition) is 1. The summed E-state index contributed by atoms with van der Waals surface area (Å²) in [6.45, 7) is 4.13. The van der Waals surface area contributed by atoms with Gasteiger partial charge in [-0.2, -0.15) is 11.8 Å². The quantitative estimate of drug-likeness (QED) is 0.903. The fourth-order valence-corrected chi connectivity index (χ4v) is 4.77. The molecule has 24 heavy (non-hydrogen) atoms. The van der Waals surface area contributed by atoms with Gasteiger partial charge in [-0.05, 0) is 35.9 Å². The van der Waals surface area contributed by atoms with Gasteiger partial charge in [0.25, 0.3) is 5.91 Å². The van der Waals surface area contributed by atoms with Crippen molar-refractivity contribution in [3.63, 3.8) is 0 Å². The average molecular weight is 361 g/mol. The molecule has 1 amide bonds. The van der Waals surface area contributed by atoms with E-state index >= 15 is 0 Å². The maximum Gasteiger partial charge on any atom is 0.261 e. The standard InChI is InChI=1S/C18H19NO3S2/c1-18(10-23-11-18)9-19-17(20)16-5-4-15(24-16)12-2-3-13-14(8-12)22-7-6-21-13/h2-5,8H,6-7,9-11H2,1H3,(H,19,20). The van der Waals surface area contributed by atoms with E-state index in [1.807, 2.05) is 42.1 Å². The molecule has 2 aliphatic heterocycles. The van der Waals surface area contributed by atoms with Gasteiger partial charge in [0.05, 0.1) is 4.88 Å². The van der Waals surface area contributed by atoms with Gasteiger partial charge in [0.15, 0.2) is 11.5 Å². The Morgan fingerprint density at radius 3 is 2.71 bits per heavy atom. The first kappa shape index (κ1) is 15.8. The summed E-state index contributed by atoms with van der Waals surface area (Å²) in [6.07, 6.45) is 0. The maximum atomic E-state index is 12.4. The number of hydrogen-bond acceptors (Lipinski definition) is 5. The molecule has 1 aromatic carbocycles. The molecule has 1 N–H and O–H groups in total. The lowest BCUT2D eigenvalue weighted by molar-refractivity contribution is 0.0943. The van der Waals surface area contributed by atoms with E-state index in [9.17, 15) is 4.79 Å². The molecule has 4 rings (SSSR count). The predicted molar refractivity (Wildman–Crippen MR) is 98.5 cm³/mol. The van der Waals surface area contributed by atoms with E-state index in [0.717, 1.165) is 44.9 Å². The first-order chi connectivity index (χ1) is 11.6. The average Bonchev–Trinajstić information content (AvgIpc) is 3.07. The van der Waals surface area contributed by atoms with Crippen molar-refractivity contribution in [1.82, 2.24) is 5.32 Å². The number of fused-ring (bicyclic) bond motifs is 1. The molecule has 2 aliphatic rings. The summed E-state index contributed by atoms with van der Waals surface area (Å²) in [5.41, 5.74) is 1.31. The van der Waals surface area contributed by atoms with E-state index in [1.165, 1.54) is 11.3 Å². The van der Waals surface area contributed by atoms with Crippen LogP contribution < -0.4 is 14.8 Å². The van der Waals surface area contributed by atoms with Crippen LogP contribution in [0, 0.1) is 5.41 Å². The van der Waals surface area contributed by atoms with Crippen molar-refractivity contribution in [3.05, 3.63) is 35.2 Å². The Kier molecular flexibility index (Phi) is 4.18. The Morgan fingerprint density at radius 2 is 1.96 bits per heavy atom. The zero-order chi connectivity index (χ0) is 16.6. The molecule has 0 saturated carbocycles. The third-order valence-corrected chi connectivity index (χ3v) is 7.17. The van der Waals surface area contributed by atoms with E-state index in [-0.39, 0.29) is 11.3 Å². The Morgan fingerprint density at radius 1 is 1.17 bits per heavy atom. The van der Waals surface area contributed by atoms with Gasteiger partial charge in [-0.3, -0.25) is 4.79 Å². The van der Waals surface area contributed by atoms with Gasteiger partial charge < -0.3 is 14.8 Å². The van der Waals surface area contributed by atoms with Gasteiger partial charge in [0.2, 0.25) is 0 Å². The number of carbonyl (C=O) groups excluding carboxylic acids is 1. The molecule has 0 radical (unpaired) electrons. The van der Waals surface area contributed by atoms with Crippen molar-refractivity contribution >= 4 is 29.0 Å². The lowest BCUT2D eigenvalue weighted by atomic mass is 9.95. The number of carbonyl (C=O) groups is 1. The lowest BCUT2D eigenvalue weighted by Gasteiger charge is -2.37. The Balaban J connectivity index is 1.47. The van der Waals surface area contributed by atoms with Gasteiger partial charge in [0.1, 0.15) is 13.2 Å². The number of amides is 1. The van der Waals surface area contributed by atoms with Crippen LogP contribution in [0.5, 0.6) is 11.5 Å². The van der Waals surface area contributed by atoms with Crippen molar-refractivity contribution < 1.29 is 14.3 Å². The SMILES string of the molecule is CC1(CNC(=O)c2ccc(-c3ccc4c(c3)OCCO4)s2)CSC1. The molecular formula is C18H19NO3S2. The first-order valence-corrected chi connectivity index (χ1v) is 9.96. The minimum Gasteiger partial charge on any atom is -0.486 e. The molecule has 2 aromatic rings. The van der Waals surface area contributed by atoms with E-state index in [0.29, 0.717) is 13.2 Å². The summed E-state index contributed by atoms with van der Waals surface area (Å²) in [5, 5.41) is 3.07. The monoisotopic (exact) mass is 361 g/mol. The molecule has 1 fully saturated rings. The molecule has 0 unspecified atom stereocenters. The molecule has 0 aliphatic carbocycles. The number of benzene rings is 1. The predicted octanol–water partition coefficient (Wildman–Crippen LogP) is 3.67. The second kappa shape index (κ2) is 6.33. The highest BCUT2D eigenvalue weighted by molar-refractivity contribution is 8.00. The van der Waals surface area contributed by atoms with Gasteiger partial charge >= 0.3 is 0 Å². The molecule has 1 saturated heterocycles. The van der Waals surface area contributed by atoms with Crippen LogP contribution in [0.1, 0.15) is 16.6 Å². The summed E-state index contributed by atoms with van der Waals surface area (Å²) in [7, 11) is 0. The lowest BCUT2D eigenvalue weighted by Crippen LogP contribution is -2.43. The van der Waals surface area contributed by atoms with E-state index < -0.39 is 0 Å². The third kappa shape index (κ3) is 3.13. The number of rotatable bonds is 4. The highest BCUT2D eigenvalue weighted by Gasteiger charge is 2.33. The Hall–Kier alpha value is -1.66. The van der Waals surface area contributed by atoms with Gasteiger partial charge in [-0.25, -0.2) is 0 Å². The molecule has 6 heteroatoms. The summed E-state index contributed by atoms with van der Waals surface area (Å²) in [4.78, 5) is 14.2. The van der Waals surface area contributed by atoms with Crippen LogP contribution in [0.15, 0.2) is 30.3 Å². The number of ether oxygens (including phenoxy) is 2. The normalized spacial score (nSPS) is 17.9. The molecule has 0 bridgehead atoms. The number of nitrogens with one attached hydrogen (secondary N) is 1. The van der Waals surface area contributed by atoms with Crippen LogP contribution in [0.25, 0.3) is 10.4 Å². The van der Waals surface area contributed by atoms with Crippen molar-refractivity contribution in [1.29, 1.82) is 0 Å². The molecule has 126 valence electrons. The summed E-state index contributed by atoms with van der Waals surface area (Å²) < 4.78 is 11.2. The summed E-state index contributed by atoms with van der Waals surface area (Å²) in [5.74, 6) is 3.82. The minimum absolute atomic E-state index is 0.0157. The molecular weight excluding hydrogens is 342 g/mol. The van der Waals surface area contributed by atoms with Crippen LogP contribution in [-0.4, -0.2) is 37.2 Å². The first-order valence-electron chi connectivity index (χ1n) is 7.99. The minimum atomic E-state index is 0.0157. The second-order valence-corrected chi connectivity index (χ2v) is 8.58. The molecule has 0 spiro atoms. The summed E-state index contributed by atoms with van der Waals surface area (Å²) >= 11 is 3.44. The molecule has 1 aromatic heterocycles. The van der Waals surface area contributed by atoms with E-state index in [4.69, 9.17) is 9.47 Å². The van der Waals surface area contributed by atoms with Crippen LogP contribution >= 0.6 is 23.1 Å². The van der Waals surface area contributed by atoms with Gasteiger partial charge in [-0.15, -0.1) is 11.3 Å². The van der Waals surface area contributed by atoms with Crippen LogP contribution in [0.3, 0.4) is 0 Å². The third-order valence-electron chi connectivity index (χ3n) is 4.23. The van der Waals surface area contributed by atoms with Crippen molar-refractivity contribution in [2.24, 2.45) is 5.41 Å². The highest BCUT2D eigenvalue weighted by Crippen LogP contribution is 2.38. The molecule has 0 atom stereocenters. The smallest absolute Gasteiger partial charge is 0.261 e. The van der Waals surface area contributed by atoms with Crippen molar-refractivity contribution in [3.8, 4) is 21.9 Å². The van der Waals surface area contributed by atoms with E-state index in [1.54, 1.807) is 0 Å². The van der Waals surface area contributed by atoms with Gasteiger partial charge in [-0.1, -0.05) is 6.92 Å². The Bertz CT molecular complexity index is 767. The van der Waals surface area contributed by atoms with Gasteiger partial charge in [0, 0.05) is 28.3 Å². The van der Waals surface area contributed by atoms with Crippen LogP contribution in [-0.2, 0) is 0 Å². The van der Waals surface area contributed by atoms with Crippen LogP contribution in [0.2, 0.25) is 0 Å². The second-order valence-electron chi connectivity index (χ2n) is 6.51. The fraction of sp³-hybridized carbons (Fsp3) is 0.389. The van der Waals surface area contributed by atoms with Crippen molar-refractivity contribution in [2.75, 3.05) is 31.3 Å². The maximum absolute atomic E-state index is 12.4. The molecule has 3 heterocycles. The Labute approximate surface area is 149 Å². The zero-order valence-corrected chi connectivity index (χ0v) is 15.1. The zero-order valence-electron chi connectivity index (χ0n) is 13.5. The topological polar surface area (TPSA) is 47.6 Å². The van der Waals surface area contributed by atoms with Crippen LogP contribution in [0.4, 0.5) is 0 Å². The largest absolute Gasteiger partial charge is 0.486 e. The number of thioether (sulfide) groups is 1. The van der Waals surface area contributed by atoms with Crippen molar-refractivity contribution in [2.45, 2.75) is 6.92 Å². The fourth-order valence-electron chi connectivity index (χ4n) is 2.75. The molecule has 4 nitrogen and oxygen atoms in total. The number of thiophene rings is 1. The highest BCUT2D eigenvalue weighted by atomic mass is 32.2. The van der Waals surface area contributed by atoms with E-state index in [2.05, 4.69) is 12.2 Å². The summed E-state index contributed by atoms with van der Waals surface area (Å²) in [6, 6.07) is 9.80.